The second-order valence-electron chi connectivity index (χ2n) is 8.31. The Morgan fingerprint density at radius 3 is 2.55 bits per heavy atom. The number of benzene rings is 2. The minimum Gasteiger partial charge on any atom is -0.383 e. The molecule has 168 valence electrons. The van der Waals surface area contributed by atoms with Crippen molar-refractivity contribution in [1.29, 1.82) is 0 Å². The van der Waals surface area contributed by atoms with Gasteiger partial charge in [-0.25, -0.2) is 14.8 Å². The van der Waals surface area contributed by atoms with Crippen LogP contribution in [-0.2, 0) is 0 Å². The number of aromatic nitrogens is 3. The van der Waals surface area contributed by atoms with E-state index in [1.807, 2.05) is 50.5 Å². The fourth-order valence-electron chi connectivity index (χ4n) is 3.81. The highest BCUT2D eigenvalue weighted by Gasteiger charge is 2.21. The molecular formula is C25H26N6O2. The van der Waals surface area contributed by atoms with E-state index in [9.17, 15) is 9.59 Å². The van der Waals surface area contributed by atoms with Crippen molar-refractivity contribution in [3.63, 3.8) is 0 Å². The van der Waals surface area contributed by atoms with Gasteiger partial charge >= 0.3 is 6.03 Å². The number of rotatable bonds is 5. The molecule has 4 aromatic rings. The van der Waals surface area contributed by atoms with Crippen LogP contribution in [0, 0.1) is 13.8 Å². The molecule has 2 aromatic carbocycles. The van der Waals surface area contributed by atoms with E-state index in [0.717, 1.165) is 16.8 Å². The van der Waals surface area contributed by atoms with Gasteiger partial charge in [0.05, 0.1) is 10.9 Å². The van der Waals surface area contributed by atoms with E-state index in [4.69, 9.17) is 5.73 Å². The van der Waals surface area contributed by atoms with Crippen LogP contribution in [0.5, 0.6) is 0 Å². The van der Waals surface area contributed by atoms with Crippen molar-refractivity contribution in [2.75, 3.05) is 16.4 Å². The predicted octanol–water partition coefficient (Wildman–Crippen LogP) is 5.09. The number of nitrogens with one attached hydrogen (secondary N) is 2. The third kappa shape index (κ3) is 4.41. The lowest BCUT2D eigenvalue weighted by atomic mass is 10.0. The van der Waals surface area contributed by atoms with Gasteiger partial charge in [0.1, 0.15) is 17.8 Å². The summed E-state index contributed by atoms with van der Waals surface area (Å²) in [5.74, 6) is 0.0317. The number of nitrogens with two attached hydrogens (primary N) is 1. The predicted molar refractivity (Wildman–Crippen MR) is 131 cm³/mol. The molecular weight excluding hydrogens is 416 g/mol. The minimum absolute atomic E-state index is 0.0882. The van der Waals surface area contributed by atoms with Crippen molar-refractivity contribution in [2.45, 2.75) is 33.7 Å². The standard InChI is InChI=1S/C25H26N6O2/c1-14(2)31-12-19(21-23(26)27-13-28-24(21)31)22(32)17-6-5-7-18(11-17)29-25(33)30-20-9-8-15(3)10-16(20)4/h5-14H,1-4H3,(H2,26,27,28)(H2,29,30,33). The number of nitrogen functional groups attached to an aromatic ring is 1. The summed E-state index contributed by atoms with van der Waals surface area (Å²) in [6, 6.07) is 12.3. The zero-order valence-corrected chi connectivity index (χ0v) is 19.0. The van der Waals surface area contributed by atoms with Crippen LogP contribution in [-0.4, -0.2) is 26.3 Å². The number of nitrogens with zero attached hydrogens (tertiary/aromatic N) is 3. The highest BCUT2D eigenvalue weighted by molar-refractivity contribution is 6.18. The minimum atomic E-state index is -0.388. The maximum absolute atomic E-state index is 13.4. The second-order valence-corrected chi connectivity index (χ2v) is 8.31. The number of hydrogen-bond acceptors (Lipinski definition) is 5. The molecule has 33 heavy (non-hydrogen) atoms. The van der Waals surface area contributed by atoms with Gasteiger partial charge in [-0.3, -0.25) is 4.79 Å². The van der Waals surface area contributed by atoms with Gasteiger partial charge in [0.15, 0.2) is 5.78 Å². The van der Waals surface area contributed by atoms with Crippen LogP contribution in [0.4, 0.5) is 22.0 Å². The molecule has 4 N–H and O–H groups in total. The van der Waals surface area contributed by atoms with Crippen molar-refractivity contribution < 1.29 is 9.59 Å². The molecule has 4 rings (SSSR count). The Kier molecular flexibility index (Phi) is 5.83. The molecule has 0 fully saturated rings. The third-order valence-corrected chi connectivity index (χ3v) is 5.45. The van der Waals surface area contributed by atoms with Crippen LogP contribution in [0.2, 0.25) is 0 Å². The van der Waals surface area contributed by atoms with E-state index in [2.05, 4.69) is 20.6 Å². The Morgan fingerprint density at radius 2 is 1.82 bits per heavy atom. The average molecular weight is 443 g/mol. The number of anilines is 3. The number of amides is 2. The first-order valence-electron chi connectivity index (χ1n) is 10.7. The Labute approximate surface area is 191 Å². The summed E-state index contributed by atoms with van der Waals surface area (Å²) in [4.78, 5) is 34.3. The maximum Gasteiger partial charge on any atom is 0.323 e. The number of hydrogen-bond donors (Lipinski definition) is 3. The van der Waals surface area contributed by atoms with Crippen LogP contribution in [0.3, 0.4) is 0 Å². The summed E-state index contributed by atoms with van der Waals surface area (Å²) in [6.07, 6.45) is 3.15. The van der Waals surface area contributed by atoms with Crippen molar-refractivity contribution >= 4 is 40.0 Å². The van der Waals surface area contributed by atoms with Gasteiger partial charge in [-0.1, -0.05) is 29.8 Å². The molecule has 0 saturated heterocycles. The molecule has 0 aliphatic rings. The molecule has 2 aromatic heterocycles. The summed E-state index contributed by atoms with van der Waals surface area (Å²) in [5.41, 5.74) is 10.9. The summed E-state index contributed by atoms with van der Waals surface area (Å²) in [6.45, 7) is 7.94. The molecule has 8 heteroatoms. The fraction of sp³-hybridized carbons (Fsp3) is 0.200. The van der Waals surface area contributed by atoms with Gasteiger partial charge in [0.2, 0.25) is 0 Å². The zero-order chi connectivity index (χ0) is 23.7. The Balaban J connectivity index is 1.60. The van der Waals surface area contributed by atoms with Gasteiger partial charge in [-0.2, -0.15) is 0 Å². The highest BCUT2D eigenvalue weighted by atomic mass is 16.2. The lowest BCUT2D eigenvalue weighted by Crippen LogP contribution is -2.20. The van der Waals surface area contributed by atoms with Crippen molar-refractivity contribution in [3.05, 3.63) is 77.2 Å². The quantitative estimate of drug-likeness (QED) is 0.373. The van der Waals surface area contributed by atoms with Crippen LogP contribution in [0.1, 0.15) is 46.9 Å². The first kappa shape index (κ1) is 22.0. The normalized spacial score (nSPS) is 11.1. The van der Waals surface area contributed by atoms with E-state index in [1.54, 1.807) is 30.5 Å². The van der Waals surface area contributed by atoms with E-state index in [1.165, 1.54) is 6.33 Å². The Bertz CT molecular complexity index is 1370. The number of urea groups is 1. The Hall–Kier alpha value is -4.20. The molecule has 0 saturated carbocycles. The fourth-order valence-corrected chi connectivity index (χ4v) is 3.81. The monoisotopic (exact) mass is 442 g/mol. The smallest absolute Gasteiger partial charge is 0.323 e. The van der Waals surface area contributed by atoms with Crippen molar-refractivity contribution in [1.82, 2.24) is 14.5 Å². The largest absolute Gasteiger partial charge is 0.383 e. The van der Waals surface area contributed by atoms with Crippen molar-refractivity contribution in [3.8, 4) is 0 Å². The highest BCUT2D eigenvalue weighted by Crippen LogP contribution is 2.29. The lowest BCUT2D eigenvalue weighted by Gasteiger charge is -2.11. The van der Waals surface area contributed by atoms with Crippen LogP contribution >= 0.6 is 0 Å². The lowest BCUT2D eigenvalue weighted by molar-refractivity contribution is 0.104. The molecule has 8 nitrogen and oxygen atoms in total. The Morgan fingerprint density at radius 1 is 1.03 bits per heavy atom. The van der Waals surface area contributed by atoms with Crippen LogP contribution in [0.25, 0.3) is 11.0 Å². The first-order chi connectivity index (χ1) is 15.7. The summed E-state index contributed by atoms with van der Waals surface area (Å²) in [7, 11) is 0. The number of carbonyl (C=O) groups excluding carboxylic acids is 2. The van der Waals surface area contributed by atoms with Gasteiger partial charge in [0.25, 0.3) is 0 Å². The molecule has 0 spiro atoms. The summed E-state index contributed by atoms with van der Waals surface area (Å²) < 4.78 is 1.90. The number of fused-ring (bicyclic) bond motifs is 1. The first-order valence-corrected chi connectivity index (χ1v) is 10.7. The van der Waals surface area contributed by atoms with Crippen molar-refractivity contribution in [2.24, 2.45) is 0 Å². The molecule has 0 atom stereocenters. The molecule has 2 heterocycles. The number of aryl methyl sites for hydroxylation is 2. The molecule has 0 bridgehead atoms. The third-order valence-electron chi connectivity index (χ3n) is 5.45. The maximum atomic E-state index is 13.4. The molecule has 0 unspecified atom stereocenters. The summed E-state index contributed by atoms with van der Waals surface area (Å²) in [5, 5.41) is 6.17. The second kappa shape index (κ2) is 8.74. The average Bonchev–Trinajstić information content (AvgIpc) is 3.17. The number of ketones is 1. The van der Waals surface area contributed by atoms with Crippen LogP contribution < -0.4 is 16.4 Å². The van der Waals surface area contributed by atoms with Gasteiger partial charge in [0, 0.05) is 29.2 Å². The van der Waals surface area contributed by atoms with E-state index in [0.29, 0.717) is 27.8 Å². The van der Waals surface area contributed by atoms with E-state index >= 15 is 0 Å². The van der Waals surface area contributed by atoms with E-state index < -0.39 is 0 Å². The van der Waals surface area contributed by atoms with Gasteiger partial charge in [-0.05, 0) is 51.5 Å². The van der Waals surface area contributed by atoms with E-state index in [-0.39, 0.29) is 23.7 Å². The zero-order valence-electron chi connectivity index (χ0n) is 19.0. The van der Waals surface area contributed by atoms with Gasteiger partial charge < -0.3 is 20.9 Å². The SMILES string of the molecule is Cc1ccc(NC(=O)Nc2cccc(C(=O)c3cn(C(C)C)c4ncnc(N)c34)c2)c(C)c1. The topological polar surface area (TPSA) is 115 Å². The molecule has 0 aliphatic carbocycles. The molecule has 0 radical (unpaired) electrons. The molecule has 2 amide bonds. The molecule has 0 aliphatic heterocycles. The summed E-state index contributed by atoms with van der Waals surface area (Å²) >= 11 is 0. The van der Waals surface area contributed by atoms with Crippen LogP contribution in [0.15, 0.2) is 55.0 Å². The van der Waals surface area contributed by atoms with Gasteiger partial charge in [-0.15, -0.1) is 0 Å². The number of carbonyl (C=O) groups is 2.